The van der Waals surface area contributed by atoms with Crippen LogP contribution in [0.3, 0.4) is 0 Å². The van der Waals surface area contributed by atoms with Crippen molar-refractivity contribution in [3.8, 4) is 0 Å². The Bertz CT molecular complexity index is 533. The molecule has 0 aliphatic heterocycles. The van der Waals surface area contributed by atoms with Crippen LogP contribution in [-0.2, 0) is 0 Å². The summed E-state index contributed by atoms with van der Waals surface area (Å²) < 4.78 is 0. The minimum Gasteiger partial charge on any atom is -0.0654 e. The van der Waals surface area contributed by atoms with Gasteiger partial charge in [-0.25, -0.2) is 0 Å². The van der Waals surface area contributed by atoms with Crippen LogP contribution < -0.4 is 0 Å². The average molecular weight is 680 g/mol. The van der Waals surface area contributed by atoms with Gasteiger partial charge in [0.25, 0.3) is 0 Å². The summed E-state index contributed by atoms with van der Waals surface area (Å²) in [5, 5.41) is 0. The highest BCUT2D eigenvalue weighted by molar-refractivity contribution is 7.75. The summed E-state index contributed by atoms with van der Waals surface area (Å²) in [6.07, 6.45) is 59.9. The van der Waals surface area contributed by atoms with Gasteiger partial charge in [0.2, 0.25) is 0 Å². The lowest BCUT2D eigenvalue weighted by Crippen LogP contribution is -2.19. The molecule has 0 rings (SSSR count). The second kappa shape index (κ2) is 39.2. The van der Waals surface area contributed by atoms with Crippen molar-refractivity contribution in [1.29, 1.82) is 0 Å². The second-order valence-corrected chi connectivity index (χ2v) is 20.8. The largest absolute Gasteiger partial charge is 0.0654 e. The molecule has 0 nitrogen and oxygen atoms in total. The van der Waals surface area contributed by atoms with Crippen LogP contribution in [0.1, 0.15) is 266 Å². The lowest BCUT2D eigenvalue weighted by molar-refractivity contribution is 0.431. The van der Waals surface area contributed by atoms with Gasteiger partial charge in [-0.3, -0.25) is 0 Å². The van der Waals surface area contributed by atoms with Crippen LogP contribution in [0.5, 0.6) is 0 Å². The van der Waals surface area contributed by atoms with Crippen molar-refractivity contribution in [3.05, 3.63) is 0 Å². The van der Waals surface area contributed by atoms with Gasteiger partial charge in [0.1, 0.15) is 0 Å². The molecule has 0 aliphatic carbocycles. The Hall–Kier alpha value is 0.430. The van der Waals surface area contributed by atoms with Gasteiger partial charge in [-0.2, -0.15) is 0 Å². The summed E-state index contributed by atoms with van der Waals surface area (Å²) in [7, 11) is -0.778. The highest BCUT2D eigenvalue weighted by Crippen LogP contribution is 2.62. The van der Waals surface area contributed by atoms with Crippen LogP contribution >= 0.6 is 7.26 Å². The molecule has 47 heavy (non-hydrogen) atoms. The third kappa shape index (κ3) is 33.3. The molecule has 0 aromatic heterocycles. The smallest absolute Gasteiger partial charge is 0.0622 e. The van der Waals surface area contributed by atoms with Crippen molar-refractivity contribution in [1.82, 2.24) is 0 Å². The van der Waals surface area contributed by atoms with E-state index < -0.39 is 7.26 Å². The van der Waals surface area contributed by atoms with Crippen LogP contribution in [0, 0.1) is 5.92 Å². The normalized spacial score (nSPS) is 12.7. The summed E-state index contributed by atoms with van der Waals surface area (Å²) in [4.78, 5) is 0. The Balaban J connectivity index is 4.48. The van der Waals surface area contributed by atoms with E-state index in [0.717, 1.165) is 5.92 Å². The van der Waals surface area contributed by atoms with E-state index in [1.54, 1.807) is 37.5 Å². The lowest BCUT2D eigenvalue weighted by Gasteiger charge is -2.32. The van der Waals surface area contributed by atoms with E-state index >= 15 is 0 Å². The van der Waals surface area contributed by atoms with Crippen molar-refractivity contribution in [2.75, 3.05) is 24.6 Å². The molecule has 0 saturated heterocycles. The number of unbranched alkanes of at least 4 members (excludes halogenated alkanes) is 29. The molecule has 0 amide bonds. The van der Waals surface area contributed by atoms with Crippen LogP contribution in [0.25, 0.3) is 0 Å². The van der Waals surface area contributed by atoms with Crippen molar-refractivity contribution < 1.29 is 0 Å². The highest BCUT2D eigenvalue weighted by Gasteiger charge is 2.37. The first-order chi connectivity index (χ1) is 23.2. The van der Waals surface area contributed by atoms with E-state index in [4.69, 9.17) is 0 Å². The summed E-state index contributed by atoms with van der Waals surface area (Å²) in [5.74, 6) is 1.05. The maximum Gasteiger partial charge on any atom is 0.0622 e. The van der Waals surface area contributed by atoms with Gasteiger partial charge in [-0.05, 0) is 38.0 Å². The lowest BCUT2D eigenvalue weighted by atomic mass is 9.95. The Morgan fingerprint density at radius 2 is 0.468 bits per heavy atom. The SMILES string of the molecule is CCCCCCCCCCCCCCCCCCC(CCCCCCCCCCCCCC)C[P+](CCCC)(CCCC)CCCC. The Morgan fingerprint density at radius 1 is 0.255 bits per heavy atom. The van der Waals surface area contributed by atoms with Gasteiger partial charge in [-0.1, -0.05) is 234 Å². The van der Waals surface area contributed by atoms with Crippen molar-refractivity contribution in [2.24, 2.45) is 5.92 Å². The summed E-state index contributed by atoms with van der Waals surface area (Å²) in [5.41, 5.74) is 0. The zero-order valence-corrected chi connectivity index (χ0v) is 35.2. The molecule has 1 unspecified atom stereocenters. The average Bonchev–Trinajstić information content (AvgIpc) is 3.08. The molecule has 0 spiro atoms. The van der Waals surface area contributed by atoms with Crippen molar-refractivity contribution in [2.45, 2.75) is 266 Å². The Kier molecular flexibility index (Phi) is 39.6. The van der Waals surface area contributed by atoms with Gasteiger partial charge in [0.05, 0.1) is 24.6 Å². The molecule has 0 fully saturated rings. The molecule has 0 aromatic carbocycles. The molecule has 0 aliphatic rings. The standard InChI is InChI=1S/C46H96P/c1-6-11-16-18-20-22-24-26-27-28-29-31-33-35-37-39-41-46(40-38-36-34-32-30-25-23-21-19-17-12-7-2)45-47(42-13-8-3,43-14-9-4)44-15-10-5/h46H,6-45H2,1-5H3/q+1. The molecular formula is C46H96P+. The monoisotopic (exact) mass is 680 g/mol. The first kappa shape index (κ1) is 47.4. The first-order valence-corrected chi connectivity index (χ1v) is 25.6. The predicted octanol–water partition coefficient (Wildman–Crippen LogP) is 17.8. The van der Waals surface area contributed by atoms with Crippen LogP contribution in [0.15, 0.2) is 0 Å². The van der Waals surface area contributed by atoms with Gasteiger partial charge < -0.3 is 0 Å². The van der Waals surface area contributed by atoms with Crippen molar-refractivity contribution >= 4 is 7.26 Å². The summed E-state index contributed by atoms with van der Waals surface area (Å²) in [6.45, 7) is 12.0. The topological polar surface area (TPSA) is 0 Å². The van der Waals surface area contributed by atoms with Crippen LogP contribution in [0.4, 0.5) is 0 Å². The van der Waals surface area contributed by atoms with Crippen molar-refractivity contribution in [3.63, 3.8) is 0 Å². The maximum absolute atomic E-state index is 2.44. The van der Waals surface area contributed by atoms with Gasteiger partial charge in [-0.15, -0.1) is 0 Å². The summed E-state index contributed by atoms with van der Waals surface area (Å²) in [6, 6.07) is 0. The fourth-order valence-corrected chi connectivity index (χ4v) is 13.9. The Labute approximate surface area is 302 Å². The second-order valence-electron chi connectivity index (χ2n) is 16.4. The molecule has 0 radical (unpaired) electrons. The predicted molar refractivity (Wildman–Crippen MR) is 224 cm³/mol. The van der Waals surface area contributed by atoms with E-state index in [0.29, 0.717) is 0 Å². The Morgan fingerprint density at radius 3 is 0.702 bits per heavy atom. The molecule has 0 heterocycles. The zero-order valence-electron chi connectivity index (χ0n) is 34.3. The molecule has 0 bridgehead atoms. The minimum absolute atomic E-state index is 0.778. The van der Waals surface area contributed by atoms with Crippen LogP contribution in [-0.4, -0.2) is 24.6 Å². The molecule has 0 saturated carbocycles. The number of hydrogen-bond donors (Lipinski definition) is 0. The van der Waals surface area contributed by atoms with E-state index in [1.165, 1.54) is 218 Å². The number of hydrogen-bond acceptors (Lipinski definition) is 0. The fraction of sp³-hybridized carbons (Fsp3) is 1.00. The number of rotatable bonds is 41. The molecular weight excluding hydrogens is 583 g/mol. The molecule has 1 atom stereocenters. The first-order valence-electron chi connectivity index (χ1n) is 23.0. The maximum atomic E-state index is 2.44. The summed E-state index contributed by atoms with van der Waals surface area (Å²) >= 11 is 0. The molecule has 284 valence electrons. The van der Waals surface area contributed by atoms with Gasteiger partial charge in [0.15, 0.2) is 0 Å². The molecule has 1 heteroatoms. The third-order valence-electron chi connectivity index (χ3n) is 11.5. The van der Waals surface area contributed by atoms with E-state index in [2.05, 4.69) is 34.6 Å². The van der Waals surface area contributed by atoms with Crippen LogP contribution in [0.2, 0.25) is 0 Å². The quantitative estimate of drug-likeness (QED) is 0.0446. The van der Waals surface area contributed by atoms with Gasteiger partial charge in [0, 0.05) is 7.26 Å². The minimum atomic E-state index is -0.778. The highest BCUT2D eigenvalue weighted by atomic mass is 31.2. The molecule has 0 aromatic rings. The van der Waals surface area contributed by atoms with Gasteiger partial charge >= 0.3 is 0 Å². The van der Waals surface area contributed by atoms with E-state index in [9.17, 15) is 0 Å². The third-order valence-corrected chi connectivity index (χ3v) is 16.6. The van der Waals surface area contributed by atoms with E-state index in [-0.39, 0.29) is 0 Å². The zero-order chi connectivity index (χ0) is 34.4. The van der Waals surface area contributed by atoms with E-state index in [1.807, 2.05) is 0 Å². The molecule has 0 N–H and O–H groups in total. The fourth-order valence-electron chi connectivity index (χ4n) is 8.22.